The summed E-state index contributed by atoms with van der Waals surface area (Å²) in [6.45, 7) is 7.89. The van der Waals surface area contributed by atoms with Crippen molar-refractivity contribution >= 4 is 5.91 Å². The molecule has 0 heterocycles. The Labute approximate surface area is 99.4 Å². The molecule has 0 spiro atoms. The van der Waals surface area contributed by atoms with Crippen molar-refractivity contribution in [3.63, 3.8) is 0 Å². The first-order chi connectivity index (χ1) is 7.59. The van der Waals surface area contributed by atoms with Crippen LogP contribution in [0.15, 0.2) is 0 Å². The maximum absolute atomic E-state index is 11.5. The van der Waals surface area contributed by atoms with E-state index in [0.717, 1.165) is 18.9 Å². The number of carbonyl (C=O) groups excluding carboxylic acids is 1. The van der Waals surface area contributed by atoms with Crippen LogP contribution in [0.2, 0.25) is 0 Å². The highest BCUT2D eigenvalue weighted by Gasteiger charge is 2.22. The third-order valence-electron chi connectivity index (χ3n) is 3.43. The highest BCUT2D eigenvalue weighted by Crippen LogP contribution is 2.24. The summed E-state index contributed by atoms with van der Waals surface area (Å²) >= 11 is 0. The van der Waals surface area contributed by atoms with Crippen molar-refractivity contribution in [2.45, 2.75) is 52.5 Å². The Kier molecular flexibility index (Phi) is 5.81. The third-order valence-corrected chi connectivity index (χ3v) is 3.43. The van der Waals surface area contributed by atoms with Crippen LogP contribution >= 0.6 is 0 Å². The van der Waals surface area contributed by atoms with Gasteiger partial charge in [-0.05, 0) is 31.1 Å². The van der Waals surface area contributed by atoms with Crippen molar-refractivity contribution in [1.82, 2.24) is 10.6 Å². The largest absolute Gasteiger partial charge is 0.355 e. The van der Waals surface area contributed by atoms with Gasteiger partial charge in [0, 0.05) is 12.6 Å². The number of hydrogen-bond acceptors (Lipinski definition) is 2. The number of nitrogens with one attached hydrogen (secondary N) is 2. The van der Waals surface area contributed by atoms with Crippen LogP contribution in [0.3, 0.4) is 0 Å². The SMILES string of the molecule is CC(C)CCNC(=O)CNC1CCCC1C. The van der Waals surface area contributed by atoms with Gasteiger partial charge in [-0.15, -0.1) is 0 Å². The van der Waals surface area contributed by atoms with Gasteiger partial charge < -0.3 is 10.6 Å². The Morgan fingerprint density at radius 1 is 1.38 bits per heavy atom. The molecule has 0 aromatic rings. The van der Waals surface area contributed by atoms with E-state index < -0.39 is 0 Å². The van der Waals surface area contributed by atoms with E-state index in [2.05, 4.69) is 31.4 Å². The normalized spacial score (nSPS) is 25.0. The predicted octanol–water partition coefficient (Wildman–Crippen LogP) is 1.93. The molecule has 94 valence electrons. The average molecular weight is 226 g/mol. The van der Waals surface area contributed by atoms with Crippen LogP contribution in [0.25, 0.3) is 0 Å². The fourth-order valence-electron chi connectivity index (χ4n) is 2.24. The molecule has 2 atom stereocenters. The summed E-state index contributed by atoms with van der Waals surface area (Å²) in [5.41, 5.74) is 0. The first-order valence-corrected chi connectivity index (χ1v) is 6.59. The van der Waals surface area contributed by atoms with Crippen LogP contribution in [-0.2, 0) is 4.79 Å². The molecule has 0 aromatic heterocycles. The van der Waals surface area contributed by atoms with Crippen molar-refractivity contribution in [2.75, 3.05) is 13.1 Å². The fraction of sp³-hybridized carbons (Fsp3) is 0.923. The average Bonchev–Trinajstić information content (AvgIpc) is 2.60. The minimum atomic E-state index is 0.139. The van der Waals surface area contributed by atoms with Crippen LogP contribution < -0.4 is 10.6 Å². The molecule has 1 aliphatic carbocycles. The van der Waals surface area contributed by atoms with Gasteiger partial charge in [-0.1, -0.05) is 27.2 Å². The molecule has 1 rings (SSSR count). The van der Waals surface area contributed by atoms with Crippen molar-refractivity contribution in [3.8, 4) is 0 Å². The zero-order valence-corrected chi connectivity index (χ0v) is 10.9. The van der Waals surface area contributed by atoms with Gasteiger partial charge in [-0.3, -0.25) is 4.79 Å². The maximum Gasteiger partial charge on any atom is 0.233 e. The summed E-state index contributed by atoms with van der Waals surface area (Å²) in [4.78, 5) is 11.5. The molecule has 0 radical (unpaired) electrons. The van der Waals surface area contributed by atoms with E-state index in [0.29, 0.717) is 18.5 Å². The summed E-state index contributed by atoms with van der Waals surface area (Å²) in [5.74, 6) is 1.52. The molecule has 2 unspecified atom stereocenters. The molecule has 0 aliphatic heterocycles. The van der Waals surface area contributed by atoms with Gasteiger partial charge in [0.15, 0.2) is 0 Å². The number of hydrogen-bond donors (Lipinski definition) is 2. The van der Waals surface area contributed by atoms with Gasteiger partial charge in [-0.25, -0.2) is 0 Å². The molecule has 0 aromatic carbocycles. The van der Waals surface area contributed by atoms with Crippen LogP contribution in [0.1, 0.15) is 46.5 Å². The van der Waals surface area contributed by atoms with Crippen molar-refractivity contribution in [3.05, 3.63) is 0 Å². The highest BCUT2D eigenvalue weighted by molar-refractivity contribution is 5.77. The maximum atomic E-state index is 11.5. The summed E-state index contributed by atoms with van der Waals surface area (Å²) in [5, 5.41) is 6.31. The van der Waals surface area contributed by atoms with E-state index in [1.807, 2.05) is 0 Å². The Balaban J connectivity index is 2.05. The van der Waals surface area contributed by atoms with E-state index in [9.17, 15) is 4.79 Å². The summed E-state index contributed by atoms with van der Waals surface area (Å²) in [7, 11) is 0. The molecule has 0 bridgehead atoms. The number of rotatable bonds is 6. The van der Waals surface area contributed by atoms with Gasteiger partial charge in [0.25, 0.3) is 0 Å². The van der Waals surface area contributed by atoms with Crippen molar-refractivity contribution < 1.29 is 4.79 Å². The van der Waals surface area contributed by atoms with Gasteiger partial charge in [0.2, 0.25) is 5.91 Å². The molecule has 1 fully saturated rings. The van der Waals surface area contributed by atoms with Crippen molar-refractivity contribution in [1.29, 1.82) is 0 Å². The molecular weight excluding hydrogens is 200 g/mol. The molecule has 1 aliphatic rings. The summed E-state index contributed by atoms with van der Waals surface area (Å²) in [6.07, 6.45) is 4.88. The second-order valence-electron chi connectivity index (χ2n) is 5.43. The molecule has 1 saturated carbocycles. The lowest BCUT2D eigenvalue weighted by atomic mass is 10.1. The Hall–Kier alpha value is -0.570. The molecular formula is C13H26N2O. The lowest BCUT2D eigenvalue weighted by Gasteiger charge is -2.17. The second kappa shape index (κ2) is 6.89. The highest BCUT2D eigenvalue weighted by atomic mass is 16.1. The second-order valence-corrected chi connectivity index (χ2v) is 5.43. The molecule has 1 amide bonds. The lowest BCUT2D eigenvalue weighted by molar-refractivity contribution is -0.120. The van der Waals surface area contributed by atoms with Gasteiger partial charge in [0.1, 0.15) is 0 Å². The lowest BCUT2D eigenvalue weighted by Crippen LogP contribution is -2.40. The zero-order chi connectivity index (χ0) is 12.0. The Bertz CT molecular complexity index is 216. The zero-order valence-electron chi connectivity index (χ0n) is 10.9. The van der Waals surface area contributed by atoms with Crippen molar-refractivity contribution in [2.24, 2.45) is 11.8 Å². The molecule has 3 heteroatoms. The quantitative estimate of drug-likeness (QED) is 0.726. The van der Waals surface area contributed by atoms with E-state index >= 15 is 0 Å². The number of amides is 1. The van der Waals surface area contributed by atoms with Gasteiger partial charge in [0.05, 0.1) is 6.54 Å². The first-order valence-electron chi connectivity index (χ1n) is 6.59. The Morgan fingerprint density at radius 2 is 2.12 bits per heavy atom. The monoisotopic (exact) mass is 226 g/mol. The fourth-order valence-corrected chi connectivity index (χ4v) is 2.24. The number of carbonyl (C=O) groups is 1. The van der Waals surface area contributed by atoms with Crippen LogP contribution in [0, 0.1) is 11.8 Å². The van der Waals surface area contributed by atoms with E-state index in [1.54, 1.807) is 0 Å². The van der Waals surface area contributed by atoms with E-state index in [1.165, 1.54) is 19.3 Å². The summed E-state index contributed by atoms with van der Waals surface area (Å²) in [6, 6.07) is 0.552. The van der Waals surface area contributed by atoms with Crippen LogP contribution in [-0.4, -0.2) is 25.0 Å². The minimum absolute atomic E-state index is 0.139. The minimum Gasteiger partial charge on any atom is -0.355 e. The van der Waals surface area contributed by atoms with Gasteiger partial charge in [-0.2, -0.15) is 0 Å². The topological polar surface area (TPSA) is 41.1 Å². The van der Waals surface area contributed by atoms with E-state index in [4.69, 9.17) is 0 Å². The summed E-state index contributed by atoms with van der Waals surface area (Å²) < 4.78 is 0. The van der Waals surface area contributed by atoms with Gasteiger partial charge >= 0.3 is 0 Å². The smallest absolute Gasteiger partial charge is 0.233 e. The molecule has 0 saturated heterocycles. The van der Waals surface area contributed by atoms with Crippen LogP contribution in [0.4, 0.5) is 0 Å². The third kappa shape index (κ3) is 4.97. The van der Waals surface area contributed by atoms with E-state index in [-0.39, 0.29) is 5.91 Å². The molecule has 16 heavy (non-hydrogen) atoms. The predicted molar refractivity (Wildman–Crippen MR) is 67.3 cm³/mol. The Morgan fingerprint density at radius 3 is 2.69 bits per heavy atom. The first kappa shape index (κ1) is 13.5. The standard InChI is InChI=1S/C13H26N2O/c1-10(2)7-8-14-13(16)9-15-12-6-4-5-11(12)3/h10-12,15H,4-9H2,1-3H3,(H,14,16). The molecule has 2 N–H and O–H groups in total. The molecule has 3 nitrogen and oxygen atoms in total. The van der Waals surface area contributed by atoms with Crippen LogP contribution in [0.5, 0.6) is 0 Å².